The fourth-order valence-electron chi connectivity index (χ4n) is 6.56. The molecule has 0 aromatic rings. The van der Waals surface area contributed by atoms with Gasteiger partial charge in [0, 0.05) is 17.8 Å². The Balaban J connectivity index is 2.06. The zero-order valence-electron chi connectivity index (χ0n) is 19.7. The molecule has 10 atom stereocenters. The van der Waals surface area contributed by atoms with Crippen LogP contribution >= 0.6 is 0 Å². The van der Waals surface area contributed by atoms with Gasteiger partial charge in [-0.15, -0.1) is 0 Å². The lowest BCUT2D eigenvalue weighted by molar-refractivity contribution is -0.195. The van der Waals surface area contributed by atoms with E-state index in [1.165, 1.54) is 0 Å². The van der Waals surface area contributed by atoms with Crippen LogP contribution in [-0.2, 0) is 28.6 Å². The number of hydrogen-bond donors (Lipinski definition) is 0. The highest BCUT2D eigenvalue weighted by Gasteiger charge is 2.60. The Morgan fingerprint density at radius 1 is 0.967 bits per heavy atom. The van der Waals surface area contributed by atoms with Crippen molar-refractivity contribution in [1.29, 1.82) is 0 Å². The van der Waals surface area contributed by atoms with Crippen LogP contribution in [0.25, 0.3) is 0 Å². The largest absolute Gasteiger partial charge is 0.457 e. The van der Waals surface area contributed by atoms with E-state index in [2.05, 4.69) is 13.8 Å². The third-order valence-electron chi connectivity index (χ3n) is 8.01. The van der Waals surface area contributed by atoms with Crippen molar-refractivity contribution >= 4 is 17.7 Å². The van der Waals surface area contributed by atoms with E-state index in [9.17, 15) is 14.4 Å². The smallest absolute Gasteiger partial charge is 0.316 e. The summed E-state index contributed by atoms with van der Waals surface area (Å²) in [5.74, 6) is -2.36. The first-order chi connectivity index (χ1) is 13.8. The number of rotatable bonds is 2. The summed E-state index contributed by atoms with van der Waals surface area (Å²) >= 11 is 0. The summed E-state index contributed by atoms with van der Waals surface area (Å²) in [5.41, 5.74) is -1.37. The van der Waals surface area contributed by atoms with Crippen molar-refractivity contribution in [3.63, 3.8) is 0 Å². The number of hydrogen-bond acceptors (Lipinski definition) is 6. The summed E-state index contributed by atoms with van der Waals surface area (Å²) in [7, 11) is 0. The summed E-state index contributed by atoms with van der Waals surface area (Å²) in [6, 6.07) is 0. The first-order valence-electron chi connectivity index (χ1n) is 11.5. The molecule has 4 unspecified atom stereocenters. The molecule has 3 aliphatic rings. The molecule has 0 N–H and O–H groups in total. The second-order valence-corrected chi connectivity index (χ2v) is 10.6. The highest BCUT2D eigenvalue weighted by molar-refractivity contribution is 5.99. The summed E-state index contributed by atoms with van der Waals surface area (Å²) in [4.78, 5) is 38.5. The van der Waals surface area contributed by atoms with Gasteiger partial charge >= 0.3 is 11.9 Å². The maximum atomic E-state index is 13.1. The van der Waals surface area contributed by atoms with E-state index in [0.29, 0.717) is 6.42 Å². The van der Waals surface area contributed by atoms with E-state index in [4.69, 9.17) is 14.2 Å². The van der Waals surface area contributed by atoms with Crippen molar-refractivity contribution in [3.8, 4) is 0 Å². The lowest BCUT2D eigenvalue weighted by Crippen LogP contribution is -2.54. The molecule has 0 amide bonds. The van der Waals surface area contributed by atoms with E-state index < -0.39 is 29.2 Å². The monoisotopic (exact) mass is 422 g/mol. The van der Waals surface area contributed by atoms with E-state index >= 15 is 0 Å². The molecule has 0 saturated carbocycles. The molecule has 0 aromatic heterocycles. The number of fused-ring (bicyclic) bond motifs is 2. The molecule has 3 aliphatic heterocycles. The average molecular weight is 423 g/mol. The molecule has 2 bridgehead atoms. The van der Waals surface area contributed by atoms with Gasteiger partial charge in [-0.25, -0.2) is 0 Å². The second-order valence-electron chi connectivity index (χ2n) is 10.6. The highest BCUT2D eigenvalue weighted by Crippen LogP contribution is 2.49. The van der Waals surface area contributed by atoms with Gasteiger partial charge in [-0.2, -0.15) is 0 Å². The molecule has 3 rings (SSSR count). The summed E-state index contributed by atoms with van der Waals surface area (Å²) in [6.07, 6.45) is 1.34. The van der Waals surface area contributed by atoms with Crippen LogP contribution in [0.5, 0.6) is 0 Å². The van der Waals surface area contributed by atoms with Crippen LogP contribution in [0.2, 0.25) is 0 Å². The van der Waals surface area contributed by atoms with Crippen LogP contribution in [0, 0.1) is 35.5 Å². The van der Waals surface area contributed by atoms with Crippen molar-refractivity contribution in [2.45, 2.75) is 98.1 Å². The molecule has 6 heteroatoms. The quantitative estimate of drug-likeness (QED) is 0.495. The Hall–Kier alpha value is -1.43. The van der Waals surface area contributed by atoms with Crippen LogP contribution in [-0.4, -0.2) is 41.1 Å². The van der Waals surface area contributed by atoms with Crippen molar-refractivity contribution in [2.24, 2.45) is 35.5 Å². The van der Waals surface area contributed by atoms with Crippen LogP contribution in [0.4, 0.5) is 0 Å². The SMILES string of the molecule is CCC1C(C)C(=O)O[C@@]1(C)[C@@H]1OC(=O)[C@H](C)C(=O)[C@H](C)C[C@@]2(C)CC(C)C(O2)[C@@H]1C. The highest BCUT2D eigenvalue weighted by atomic mass is 16.6. The number of cyclic esters (lactones) is 2. The molecule has 170 valence electrons. The minimum atomic E-state index is -0.954. The zero-order chi connectivity index (χ0) is 22.6. The summed E-state index contributed by atoms with van der Waals surface area (Å²) < 4.78 is 18.5. The Bertz CT molecular complexity index is 718. The predicted molar refractivity (Wildman–Crippen MR) is 111 cm³/mol. The first-order valence-corrected chi connectivity index (χ1v) is 11.5. The Morgan fingerprint density at radius 2 is 1.60 bits per heavy atom. The van der Waals surface area contributed by atoms with Gasteiger partial charge in [0.1, 0.15) is 23.4 Å². The van der Waals surface area contributed by atoms with Crippen molar-refractivity contribution in [2.75, 3.05) is 0 Å². The van der Waals surface area contributed by atoms with Crippen molar-refractivity contribution < 1.29 is 28.6 Å². The van der Waals surface area contributed by atoms with Crippen LogP contribution in [0.3, 0.4) is 0 Å². The van der Waals surface area contributed by atoms with Gasteiger partial charge in [-0.05, 0) is 46.0 Å². The summed E-state index contributed by atoms with van der Waals surface area (Å²) in [5, 5.41) is 0. The van der Waals surface area contributed by atoms with E-state index in [1.54, 1.807) is 6.92 Å². The first kappa shape index (κ1) is 23.2. The molecule has 3 saturated heterocycles. The number of ketones is 1. The van der Waals surface area contributed by atoms with Crippen LogP contribution < -0.4 is 0 Å². The normalized spacial score (nSPS) is 50.1. The standard InChI is InChI=1S/C24H38O6/c1-9-17-14(4)22(27)30-24(17,8)20-16(6)19-13(3)11-23(7,29-19)10-12(2)18(25)15(5)21(26)28-20/h12-17,19-20H,9-11H2,1-8H3/t12-,13?,14?,15-,16+,17?,19?,20-,23+,24-/m1/s1. The molecule has 3 fully saturated rings. The molecule has 6 nitrogen and oxygen atoms in total. The lowest BCUT2D eigenvalue weighted by atomic mass is 9.72. The van der Waals surface area contributed by atoms with Crippen LogP contribution in [0.15, 0.2) is 0 Å². The Labute approximate surface area is 180 Å². The maximum absolute atomic E-state index is 13.1. The molecular weight excluding hydrogens is 384 g/mol. The molecule has 0 radical (unpaired) electrons. The second kappa shape index (κ2) is 7.92. The fraction of sp³-hybridized carbons (Fsp3) is 0.875. The molecule has 0 aliphatic carbocycles. The van der Waals surface area contributed by atoms with E-state index in [1.807, 2.05) is 34.6 Å². The minimum Gasteiger partial charge on any atom is -0.457 e. The maximum Gasteiger partial charge on any atom is 0.316 e. The Kier molecular flexibility index (Phi) is 6.14. The fourth-order valence-corrected chi connectivity index (χ4v) is 6.56. The van der Waals surface area contributed by atoms with Gasteiger partial charge in [0.2, 0.25) is 0 Å². The van der Waals surface area contributed by atoms with Gasteiger partial charge < -0.3 is 14.2 Å². The van der Waals surface area contributed by atoms with Crippen molar-refractivity contribution in [1.82, 2.24) is 0 Å². The molecule has 0 spiro atoms. The number of ether oxygens (including phenoxy) is 3. The van der Waals surface area contributed by atoms with Gasteiger partial charge in [0.15, 0.2) is 0 Å². The predicted octanol–water partition coefficient (Wildman–Crippen LogP) is 3.94. The third kappa shape index (κ3) is 3.69. The minimum absolute atomic E-state index is 0.0802. The number of carbonyl (C=O) groups excluding carboxylic acids is 3. The van der Waals surface area contributed by atoms with Gasteiger partial charge in [-0.1, -0.05) is 34.6 Å². The third-order valence-corrected chi connectivity index (χ3v) is 8.01. The topological polar surface area (TPSA) is 78.9 Å². The molecule has 30 heavy (non-hydrogen) atoms. The average Bonchev–Trinajstić information content (AvgIpc) is 3.08. The number of carbonyl (C=O) groups is 3. The molecular formula is C24H38O6. The van der Waals surface area contributed by atoms with Gasteiger partial charge in [-0.3, -0.25) is 14.4 Å². The van der Waals surface area contributed by atoms with Crippen LogP contribution in [0.1, 0.15) is 74.7 Å². The van der Waals surface area contributed by atoms with E-state index in [0.717, 1.165) is 12.8 Å². The molecule has 0 aromatic carbocycles. The number of esters is 2. The lowest BCUT2D eigenvalue weighted by Gasteiger charge is -2.42. The molecule has 3 heterocycles. The number of Topliss-reactive ketones (excluding diaryl/α,β-unsaturated/α-hetero) is 1. The van der Waals surface area contributed by atoms with Gasteiger partial charge in [0.25, 0.3) is 0 Å². The zero-order valence-corrected chi connectivity index (χ0v) is 19.7. The van der Waals surface area contributed by atoms with Crippen molar-refractivity contribution in [3.05, 3.63) is 0 Å². The Morgan fingerprint density at radius 3 is 2.20 bits per heavy atom. The summed E-state index contributed by atoms with van der Waals surface area (Å²) in [6.45, 7) is 15.5. The van der Waals surface area contributed by atoms with Gasteiger partial charge in [0.05, 0.1) is 17.6 Å². The van der Waals surface area contributed by atoms with E-state index in [-0.39, 0.29) is 47.4 Å².